The maximum atomic E-state index is 12.0. The molecule has 0 aromatic carbocycles. The third kappa shape index (κ3) is 3.37. The van der Waals surface area contributed by atoms with Gasteiger partial charge >= 0.3 is 12.1 Å². The molecule has 2 atom stereocenters. The Kier molecular flexibility index (Phi) is 3.93. The second kappa shape index (κ2) is 4.78. The minimum Gasteiger partial charge on any atom is -0.481 e. The number of hydrogen-bond donors (Lipinski definition) is 1. The predicted octanol–water partition coefficient (Wildman–Crippen LogP) is 2.50. The summed E-state index contributed by atoms with van der Waals surface area (Å²) < 4.78 is 5.31. The van der Waals surface area contributed by atoms with E-state index in [9.17, 15) is 14.7 Å². The molecule has 1 saturated heterocycles. The molecule has 1 heterocycles. The Morgan fingerprint density at radius 3 is 2.39 bits per heavy atom. The monoisotopic (exact) mass is 257 g/mol. The maximum Gasteiger partial charge on any atom is 0.410 e. The molecule has 104 valence electrons. The Balaban J connectivity index is 2.80. The van der Waals surface area contributed by atoms with Gasteiger partial charge in [0.25, 0.3) is 0 Å². The number of carbonyl (C=O) groups excluding carboxylic acids is 1. The second-order valence-electron chi connectivity index (χ2n) is 6.36. The Morgan fingerprint density at radius 2 is 1.94 bits per heavy atom. The minimum absolute atomic E-state index is 0.0206. The average Bonchev–Trinajstić information content (AvgIpc) is 2.19. The van der Waals surface area contributed by atoms with Crippen LogP contribution in [-0.2, 0) is 9.53 Å². The number of carboxylic acid groups (broad SMARTS) is 1. The maximum absolute atomic E-state index is 12.0. The SMILES string of the molecule is C[C@@H]1CC[C@@](C)(C(=O)O)CN1C(=O)OC(C)(C)C. The number of rotatable bonds is 1. The van der Waals surface area contributed by atoms with Crippen molar-refractivity contribution in [1.82, 2.24) is 4.90 Å². The van der Waals surface area contributed by atoms with Gasteiger partial charge < -0.3 is 14.7 Å². The van der Waals surface area contributed by atoms with E-state index in [2.05, 4.69) is 0 Å². The molecule has 1 N–H and O–H groups in total. The van der Waals surface area contributed by atoms with Crippen LogP contribution in [0.15, 0.2) is 0 Å². The average molecular weight is 257 g/mol. The standard InChI is InChI=1S/C13H23NO4/c1-9-6-7-13(5,10(15)16)8-14(9)11(17)18-12(2,3)4/h9H,6-8H2,1-5H3,(H,15,16)/t9-,13-/m1/s1. The molecular weight excluding hydrogens is 234 g/mol. The highest BCUT2D eigenvalue weighted by molar-refractivity contribution is 5.76. The van der Waals surface area contributed by atoms with Crippen LogP contribution in [0.1, 0.15) is 47.5 Å². The fourth-order valence-electron chi connectivity index (χ4n) is 2.03. The molecule has 0 spiro atoms. The zero-order chi connectivity index (χ0) is 14.1. The predicted molar refractivity (Wildman–Crippen MR) is 67.4 cm³/mol. The third-order valence-corrected chi connectivity index (χ3v) is 3.31. The molecule has 0 aromatic rings. The van der Waals surface area contributed by atoms with E-state index in [1.165, 1.54) is 4.90 Å². The Bertz CT molecular complexity index is 347. The zero-order valence-corrected chi connectivity index (χ0v) is 11.8. The van der Waals surface area contributed by atoms with Gasteiger partial charge in [-0.05, 0) is 47.5 Å². The normalized spacial score (nSPS) is 28.9. The molecule has 18 heavy (non-hydrogen) atoms. The van der Waals surface area contributed by atoms with Gasteiger partial charge in [0.1, 0.15) is 5.60 Å². The van der Waals surface area contributed by atoms with Crippen molar-refractivity contribution in [2.45, 2.75) is 59.1 Å². The molecular formula is C13H23NO4. The molecule has 1 rings (SSSR count). The molecule has 0 saturated carbocycles. The Morgan fingerprint density at radius 1 is 1.39 bits per heavy atom. The molecule has 0 radical (unpaired) electrons. The Labute approximate surface area is 108 Å². The van der Waals surface area contributed by atoms with E-state index in [1.54, 1.807) is 27.7 Å². The van der Waals surface area contributed by atoms with Gasteiger partial charge in [-0.2, -0.15) is 0 Å². The summed E-state index contributed by atoms with van der Waals surface area (Å²) in [6.45, 7) is 9.21. The molecule has 0 aromatic heterocycles. The van der Waals surface area contributed by atoms with Gasteiger partial charge in [0.2, 0.25) is 0 Å². The summed E-state index contributed by atoms with van der Waals surface area (Å²) in [7, 11) is 0. The summed E-state index contributed by atoms with van der Waals surface area (Å²) in [6.07, 6.45) is 0.840. The van der Waals surface area contributed by atoms with Crippen molar-refractivity contribution in [2.75, 3.05) is 6.54 Å². The van der Waals surface area contributed by atoms with E-state index in [1.807, 2.05) is 6.92 Å². The van der Waals surface area contributed by atoms with E-state index in [-0.39, 0.29) is 12.6 Å². The third-order valence-electron chi connectivity index (χ3n) is 3.31. The first-order valence-corrected chi connectivity index (χ1v) is 6.28. The lowest BCUT2D eigenvalue weighted by atomic mass is 9.80. The minimum atomic E-state index is -0.872. The lowest BCUT2D eigenvalue weighted by Gasteiger charge is -2.42. The molecule has 0 unspecified atom stereocenters. The number of aliphatic carboxylic acids is 1. The topological polar surface area (TPSA) is 66.8 Å². The number of hydrogen-bond acceptors (Lipinski definition) is 3. The summed E-state index contributed by atoms with van der Waals surface area (Å²) in [6, 6.07) is 0.0206. The number of piperidine rings is 1. The van der Waals surface area contributed by atoms with Gasteiger partial charge in [0, 0.05) is 12.6 Å². The van der Waals surface area contributed by atoms with Crippen LogP contribution in [0.4, 0.5) is 4.79 Å². The Hall–Kier alpha value is -1.26. The first-order valence-electron chi connectivity index (χ1n) is 6.28. The molecule has 0 bridgehead atoms. The smallest absolute Gasteiger partial charge is 0.410 e. The van der Waals surface area contributed by atoms with Gasteiger partial charge in [0.05, 0.1) is 5.41 Å². The van der Waals surface area contributed by atoms with Crippen LogP contribution >= 0.6 is 0 Å². The number of carboxylic acids is 1. The zero-order valence-electron chi connectivity index (χ0n) is 11.8. The van der Waals surface area contributed by atoms with Crippen molar-refractivity contribution < 1.29 is 19.4 Å². The van der Waals surface area contributed by atoms with Crippen LogP contribution in [0.2, 0.25) is 0 Å². The highest BCUT2D eigenvalue weighted by atomic mass is 16.6. The van der Waals surface area contributed by atoms with Crippen LogP contribution in [0.25, 0.3) is 0 Å². The van der Waals surface area contributed by atoms with Crippen LogP contribution in [0.3, 0.4) is 0 Å². The molecule has 0 aliphatic carbocycles. The number of likely N-dealkylation sites (tertiary alicyclic amines) is 1. The number of nitrogens with zero attached hydrogens (tertiary/aromatic N) is 1. The van der Waals surface area contributed by atoms with Crippen molar-refractivity contribution >= 4 is 12.1 Å². The van der Waals surface area contributed by atoms with Crippen LogP contribution < -0.4 is 0 Å². The van der Waals surface area contributed by atoms with E-state index in [0.29, 0.717) is 12.8 Å². The van der Waals surface area contributed by atoms with E-state index >= 15 is 0 Å². The summed E-state index contributed by atoms with van der Waals surface area (Å²) in [5, 5.41) is 9.24. The van der Waals surface area contributed by atoms with Crippen molar-refractivity contribution in [3.8, 4) is 0 Å². The number of amides is 1. The summed E-state index contributed by atoms with van der Waals surface area (Å²) in [5.41, 5.74) is -1.43. The van der Waals surface area contributed by atoms with Gasteiger partial charge in [0.15, 0.2) is 0 Å². The van der Waals surface area contributed by atoms with Gasteiger partial charge in [-0.3, -0.25) is 4.79 Å². The summed E-state index contributed by atoms with van der Waals surface area (Å²) >= 11 is 0. The molecule has 1 aliphatic heterocycles. The quantitative estimate of drug-likeness (QED) is 0.783. The summed E-state index contributed by atoms with van der Waals surface area (Å²) in [4.78, 5) is 24.8. The van der Waals surface area contributed by atoms with Crippen molar-refractivity contribution in [2.24, 2.45) is 5.41 Å². The first kappa shape index (κ1) is 14.8. The van der Waals surface area contributed by atoms with E-state index in [0.717, 1.165) is 0 Å². The fraction of sp³-hybridized carbons (Fsp3) is 0.846. The highest BCUT2D eigenvalue weighted by Gasteiger charge is 2.43. The van der Waals surface area contributed by atoms with Gasteiger partial charge in [-0.25, -0.2) is 4.79 Å². The van der Waals surface area contributed by atoms with Crippen molar-refractivity contribution in [3.63, 3.8) is 0 Å². The van der Waals surface area contributed by atoms with Gasteiger partial charge in [-0.15, -0.1) is 0 Å². The number of carbonyl (C=O) groups is 2. The second-order valence-corrected chi connectivity index (χ2v) is 6.36. The highest BCUT2D eigenvalue weighted by Crippen LogP contribution is 2.33. The van der Waals surface area contributed by atoms with Crippen molar-refractivity contribution in [1.29, 1.82) is 0 Å². The molecule has 1 amide bonds. The first-order chi connectivity index (χ1) is 8.05. The fourth-order valence-corrected chi connectivity index (χ4v) is 2.03. The summed E-state index contributed by atoms with van der Waals surface area (Å²) in [5.74, 6) is -0.858. The lowest BCUT2D eigenvalue weighted by Crippen LogP contribution is -2.53. The van der Waals surface area contributed by atoms with E-state index < -0.39 is 23.1 Å². The van der Waals surface area contributed by atoms with Crippen LogP contribution in [-0.4, -0.2) is 40.3 Å². The van der Waals surface area contributed by atoms with Gasteiger partial charge in [-0.1, -0.05) is 0 Å². The largest absolute Gasteiger partial charge is 0.481 e. The molecule has 5 nitrogen and oxygen atoms in total. The van der Waals surface area contributed by atoms with Crippen LogP contribution in [0.5, 0.6) is 0 Å². The number of ether oxygens (including phenoxy) is 1. The van der Waals surface area contributed by atoms with Crippen LogP contribution in [0, 0.1) is 5.41 Å². The lowest BCUT2D eigenvalue weighted by molar-refractivity contribution is -0.151. The van der Waals surface area contributed by atoms with E-state index in [4.69, 9.17) is 4.74 Å². The molecule has 5 heteroatoms. The van der Waals surface area contributed by atoms with Crippen molar-refractivity contribution in [3.05, 3.63) is 0 Å². The molecule has 1 aliphatic rings. The molecule has 1 fully saturated rings.